The third-order valence-electron chi connectivity index (χ3n) is 4.35. The van der Waals surface area contributed by atoms with E-state index in [9.17, 15) is 5.11 Å². The summed E-state index contributed by atoms with van der Waals surface area (Å²) in [5.41, 5.74) is 8.62. The lowest BCUT2D eigenvalue weighted by Crippen LogP contribution is -2.50. The number of rotatable bonds is 2. The lowest BCUT2D eigenvalue weighted by molar-refractivity contribution is 0.131. The van der Waals surface area contributed by atoms with Gasteiger partial charge in [0.25, 0.3) is 0 Å². The van der Waals surface area contributed by atoms with Crippen LogP contribution in [0.5, 0.6) is 0 Å². The van der Waals surface area contributed by atoms with Crippen LogP contribution in [0.1, 0.15) is 6.42 Å². The molecule has 4 rings (SSSR count). The first-order valence-corrected chi connectivity index (χ1v) is 8.16. The van der Waals surface area contributed by atoms with E-state index in [1.807, 2.05) is 29.2 Å². The Kier molecular flexibility index (Phi) is 3.84. The fourth-order valence-corrected chi connectivity index (χ4v) is 3.18. The first-order valence-electron chi connectivity index (χ1n) is 7.78. The molecule has 0 radical (unpaired) electrons. The lowest BCUT2D eigenvalue weighted by atomic mass is 10.0. The van der Waals surface area contributed by atoms with Gasteiger partial charge >= 0.3 is 0 Å². The second kappa shape index (κ2) is 6.01. The average Bonchev–Trinajstić information content (AvgIpc) is 3.01. The van der Waals surface area contributed by atoms with Gasteiger partial charge in [0, 0.05) is 24.7 Å². The topological polar surface area (TPSA) is 104 Å². The second-order valence-corrected chi connectivity index (χ2v) is 6.35. The SMILES string of the molecule is N[C@@H]1CCN(c2cnc3c(-c4ccccc4Cl)[nH]nc3n2)C[C@H]1O. The van der Waals surface area contributed by atoms with Gasteiger partial charge in [-0.2, -0.15) is 5.10 Å². The highest BCUT2D eigenvalue weighted by Gasteiger charge is 2.26. The van der Waals surface area contributed by atoms with Crippen molar-refractivity contribution >= 4 is 28.6 Å². The van der Waals surface area contributed by atoms with E-state index in [0.29, 0.717) is 35.0 Å². The molecule has 8 heteroatoms. The molecule has 1 aliphatic rings. The first kappa shape index (κ1) is 15.3. The number of fused-ring (bicyclic) bond motifs is 1. The highest BCUT2D eigenvalue weighted by molar-refractivity contribution is 6.33. The number of halogens is 1. The van der Waals surface area contributed by atoms with Crippen molar-refractivity contribution in [1.82, 2.24) is 20.2 Å². The summed E-state index contributed by atoms with van der Waals surface area (Å²) in [6.07, 6.45) is 1.85. The van der Waals surface area contributed by atoms with Gasteiger partial charge in [-0.05, 0) is 12.5 Å². The van der Waals surface area contributed by atoms with Gasteiger partial charge in [0.2, 0.25) is 5.65 Å². The highest BCUT2D eigenvalue weighted by Crippen LogP contribution is 2.30. The molecular formula is C16H17ClN6O. The summed E-state index contributed by atoms with van der Waals surface area (Å²) in [6.45, 7) is 1.18. The van der Waals surface area contributed by atoms with E-state index in [4.69, 9.17) is 17.3 Å². The molecule has 24 heavy (non-hydrogen) atoms. The molecule has 1 aromatic carbocycles. The van der Waals surface area contributed by atoms with Crippen molar-refractivity contribution in [2.24, 2.45) is 5.73 Å². The number of benzene rings is 1. The van der Waals surface area contributed by atoms with Gasteiger partial charge in [-0.3, -0.25) is 5.10 Å². The van der Waals surface area contributed by atoms with Gasteiger partial charge in [-0.25, -0.2) is 9.97 Å². The van der Waals surface area contributed by atoms with Crippen molar-refractivity contribution in [3.63, 3.8) is 0 Å². The fourth-order valence-electron chi connectivity index (χ4n) is 2.95. The van der Waals surface area contributed by atoms with Crippen LogP contribution in [0.4, 0.5) is 5.82 Å². The predicted octanol–water partition coefficient (Wildman–Crippen LogP) is 1.57. The summed E-state index contributed by atoms with van der Waals surface area (Å²) in [7, 11) is 0. The number of aliphatic hydroxyl groups excluding tert-OH is 1. The molecule has 0 bridgehead atoms. The van der Waals surface area contributed by atoms with Crippen LogP contribution >= 0.6 is 11.6 Å². The number of nitrogens with one attached hydrogen (secondary N) is 1. The molecule has 3 heterocycles. The molecule has 1 fully saturated rings. The molecule has 0 amide bonds. The molecule has 0 saturated carbocycles. The monoisotopic (exact) mass is 344 g/mol. The molecular weight excluding hydrogens is 328 g/mol. The summed E-state index contributed by atoms with van der Waals surface area (Å²) in [4.78, 5) is 11.0. The van der Waals surface area contributed by atoms with Crippen LogP contribution in [0.25, 0.3) is 22.4 Å². The number of aromatic amines is 1. The van der Waals surface area contributed by atoms with Gasteiger partial charge in [0.05, 0.1) is 23.0 Å². The Morgan fingerprint density at radius 1 is 1.33 bits per heavy atom. The quantitative estimate of drug-likeness (QED) is 0.652. The van der Waals surface area contributed by atoms with Crippen molar-refractivity contribution in [2.75, 3.05) is 18.0 Å². The Labute approximate surface area is 143 Å². The summed E-state index contributed by atoms with van der Waals surface area (Å²) in [5, 5.41) is 17.8. The number of hydrogen-bond acceptors (Lipinski definition) is 6. The predicted molar refractivity (Wildman–Crippen MR) is 92.9 cm³/mol. The number of hydrogen-bond donors (Lipinski definition) is 3. The third kappa shape index (κ3) is 2.60. The number of piperidine rings is 1. The van der Waals surface area contributed by atoms with Gasteiger partial charge in [0.1, 0.15) is 11.3 Å². The number of aromatic nitrogens is 4. The van der Waals surface area contributed by atoms with Crippen LogP contribution in [0.15, 0.2) is 30.5 Å². The summed E-state index contributed by atoms with van der Waals surface area (Å²) in [6, 6.07) is 7.33. The second-order valence-electron chi connectivity index (χ2n) is 5.94. The molecule has 0 unspecified atom stereocenters. The van der Waals surface area contributed by atoms with Crippen LogP contribution < -0.4 is 10.6 Å². The summed E-state index contributed by atoms with van der Waals surface area (Å²) in [5.74, 6) is 0.686. The Morgan fingerprint density at radius 2 is 2.17 bits per heavy atom. The van der Waals surface area contributed by atoms with E-state index in [2.05, 4.69) is 20.2 Å². The number of β-amino-alcohol motifs (C(OH)–C–C–N with tert-alkyl or cyclic N) is 1. The number of nitrogens with zero attached hydrogens (tertiary/aromatic N) is 4. The number of nitrogens with two attached hydrogens (primary N) is 1. The van der Waals surface area contributed by atoms with Crippen LogP contribution in [0.3, 0.4) is 0 Å². The maximum absolute atomic E-state index is 9.95. The molecule has 124 valence electrons. The first-order chi connectivity index (χ1) is 11.6. The maximum atomic E-state index is 9.95. The average molecular weight is 345 g/mol. The molecule has 0 aliphatic carbocycles. The van der Waals surface area contributed by atoms with Crippen LogP contribution in [-0.4, -0.2) is 50.5 Å². The zero-order valence-electron chi connectivity index (χ0n) is 12.9. The van der Waals surface area contributed by atoms with Crippen LogP contribution in [0.2, 0.25) is 5.02 Å². The van der Waals surface area contributed by atoms with E-state index in [1.54, 1.807) is 6.20 Å². The Bertz CT molecular complexity index is 882. The van der Waals surface area contributed by atoms with E-state index >= 15 is 0 Å². The van der Waals surface area contributed by atoms with Gasteiger partial charge < -0.3 is 15.7 Å². The standard InChI is InChI=1S/C16H17ClN6O/c17-10-4-2-1-3-9(10)14-15-16(22-21-14)20-13(7-19-15)23-6-5-11(18)12(24)8-23/h1-4,7,11-12,24H,5-6,8,18H2,(H,20,21,22)/t11-,12-/m1/s1. The fraction of sp³-hybridized carbons (Fsp3) is 0.312. The minimum atomic E-state index is -0.561. The van der Waals surface area contributed by atoms with Crippen molar-refractivity contribution in [3.05, 3.63) is 35.5 Å². The maximum Gasteiger partial charge on any atom is 0.202 e. The zero-order valence-corrected chi connectivity index (χ0v) is 13.6. The zero-order chi connectivity index (χ0) is 16.7. The highest BCUT2D eigenvalue weighted by atomic mass is 35.5. The van der Waals surface area contributed by atoms with Gasteiger partial charge in [-0.15, -0.1) is 0 Å². The molecule has 3 aromatic rings. The molecule has 7 nitrogen and oxygen atoms in total. The van der Waals surface area contributed by atoms with Crippen LogP contribution in [0, 0.1) is 0 Å². The largest absolute Gasteiger partial charge is 0.390 e. The molecule has 1 saturated heterocycles. The Hall–Kier alpha value is -2.22. The van der Waals surface area contributed by atoms with Crippen molar-refractivity contribution < 1.29 is 5.11 Å². The van der Waals surface area contributed by atoms with Gasteiger partial charge in [-0.1, -0.05) is 29.8 Å². The molecule has 0 spiro atoms. The molecule has 2 aromatic heterocycles. The van der Waals surface area contributed by atoms with E-state index in [1.165, 1.54) is 0 Å². The normalized spacial score (nSPS) is 21.4. The van der Waals surface area contributed by atoms with E-state index < -0.39 is 6.10 Å². The smallest absolute Gasteiger partial charge is 0.202 e. The Balaban J connectivity index is 1.70. The number of H-pyrrole nitrogens is 1. The van der Waals surface area contributed by atoms with Gasteiger partial charge in [0.15, 0.2) is 0 Å². The van der Waals surface area contributed by atoms with Crippen molar-refractivity contribution in [1.29, 1.82) is 0 Å². The van der Waals surface area contributed by atoms with Crippen molar-refractivity contribution in [2.45, 2.75) is 18.6 Å². The summed E-state index contributed by atoms with van der Waals surface area (Å²) >= 11 is 6.25. The minimum absolute atomic E-state index is 0.185. The molecule has 1 aliphatic heterocycles. The van der Waals surface area contributed by atoms with E-state index in [-0.39, 0.29) is 6.04 Å². The van der Waals surface area contributed by atoms with E-state index in [0.717, 1.165) is 17.8 Å². The summed E-state index contributed by atoms with van der Waals surface area (Å²) < 4.78 is 0. The number of anilines is 1. The molecule has 4 N–H and O–H groups in total. The Morgan fingerprint density at radius 3 is 2.96 bits per heavy atom. The minimum Gasteiger partial charge on any atom is -0.390 e. The van der Waals surface area contributed by atoms with Crippen LogP contribution in [-0.2, 0) is 0 Å². The van der Waals surface area contributed by atoms with Crippen molar-refractivity contribution in [3.8, 4) is 11.3 Å². The third-order valence-corrected chi connectivity index (χ3v) is 4.68. The molecule has 2 atom stereocenters. The lowest BCUT2D eigenvalue weighted by Gasteiger charge is -2.34. The number of aliphatic hydroxyl groups is 1.